The average molecular weight is 392 g/mol. The van der Waals surface area contributed by atoms with Crippen LogP contribution >= 0.6 is 50.9 Å². The zero-order chi connectivity index (χ0) is 14.7. The zero-order valence-corrected chi connectivity index (χ0v) is 14.9. The minimum atomic E-state index is 0.286. The van der Waals surface area contributed by atoms with Gasteiger partial charge in [0.1, 0.15) is 11.0 Å². The highest BCUT2D eigenvalue weighted by Crippen LogP contribution is 2.32. The third-order valence-electron chi connectivity index (χ3n) is 2.62. The molecule has 1 aromatic carbocycles. The molecule has 2 rings (SSSR count). The van der Waals surface area contributed by atoms with Crippen molar-refractivity contribution in [2.75, 3.05) is 0 Å². The van der Waals surface area contributed by atoms with Crippen LogP contribution in [0.15, 0.2) is 33.6 Å². The molecule has 0 N–H and O–H groups in total. The number of aromatic nitrogens is 2. The number of halogens is 3. The fraction of sp³-hybridized carbons (Fsp3) is 0.286. The summed E-state index contributed by atoms with van der Waals surface area (Å²) in [5.41, 5.74) is 0.930. The van der Waals surface area contributed by atoms with Crippen molar-refractivity contribution in [2.24, 2.45) is 0 Å². The summed E-state index contributed by atoms with van der Waals surface area (Å²) < 4.78 is 0.778. The lowest BCUT2D eigenvalue weighted by molar-refractivity contribution is 0.791. The van der Waals surface area contributed by atoms with Crippen LogP contribution in [0.2, 0.25) is 10.2 Å². The van der Waals surface area contributed by atoms with Gasteiger partial charge in [0.05, 0.1) is 20.9 Å². The van der Waals surface area contributed by atoms with Gasteiger partial charge in [-0.2, -0.15) is 0 Å². The predicted molar refractivity (Wildman–Crippen MR) is 89.8 cm³/mol. The molecular weight excluding hydrogens is 379 g/mol. The maximum absolute atomic E-state index is 6.14. The second-order valence-corrected chi connectivity index (χ2v) is 7.08. The molecule has 0 aliphatic heterocycles. The third kappa shape index (κ3) is 3.88. The number of benzene rings is 1. The van der Waals surface area contributed by atoms with Crippen molar-refractivity contribution in [3.05, 3.63) is 50.4 Å². The van der Waals surface area contributed by atoms with Crippen molar-refractivity contribution < 1.29 is 0 Å². The Morgan fingerprint density at radius 1 is 1.20 bits per heavy atom. The SMILES string of the molecule is CC(C)c1nc(CSc2ccccc2Cl)nc(Cl)c1Br. The summed E-state index contributed by atoms with van der Waals surface area (Å²) in [6.45, 7) is 4.16. The molecule has 1 heterocycles. The molecule has 0 amide bonds. The molecular formula is C14H13BrCl2N2S. The van der Waals surface area contributed by atoms with E-state index in [2.05, 4.69) is 39.7 Å². The molecule has 0 radical (unpaired) electrons. The Bertz CT molecular complexity index is 620. The Kier molecular flexibility index (Phi) is 5.73. The van der Waals surface area contributed by atoms with E-state index < -0.39 is 0 Å². The first-order valence-corrected chi connectivity index (χ1v) is 8.61. The average Bonchev–Trinajstić information content (AvgIpc) is 2.41. The molecule has 0 unspecified atom stereocenters. The van der Waals surface area contributed by atoms with Crippen molar-refractivity contribution in [3.63, 3.8) is 0 Å². The van der Waals surface area contributed by atoms with Gasteiger partial charge in [0, 0.05) is 4.90 Å². The van der Waals surface area contributed by atoms with Gasteiger partial charge in [0.25, 0.3) is 0 Å². The lowest BCUT2D eigenvalue weighted by Crippen LogP contribution is -2.02. The maximum Gasteiger partial charge on any atom is 0.147 e. The molecule has 106 valence electrons. The van der Waals surface area contributed by atoms with Gasteiger partial charge in [-0.05, 0) is 34.0 Å². The van der Waals surface area contributed by atoms with E-state index in [9.17, 15) is 0 Å². The van der Waals surface area contributed by atoms with Crippen LogP contribution in [0, 0.1) is 0 Å². The number of thioether (sulfide) groups is 1. The minimum Gasteiger partial charge on any atom is -0.235 e. The second-order valence-electron chi connectivity index (χ2n) is 4.50. The van der Waals surface area contributed by atoms with Crippen molar-refractivity contribution >= 4 is 50.9 Å². The molecule has 20 heavy (non-hydrogen) atoms. The first-order chi connectivity index (χ1) is 9.49. The first kappa shape index (κ1) is 16.1. The van der Waals surface area contributed by atoms with E-state index in [0.717, 1.165) is 20.1 Å². The lowest BCUT2D eigenvalue weighted by Gasteiger charge is -2.11. The maximum atomic E-state index is 6.14. The van der Waals surface area contributed by atoms with Crippen LogP contribution in [0.25, 0.3) is 0 Å². The van der Waals surface area contributed by atoms with Gasteiger partial charge in [0.2, 0.25) is 0 Å². The molecule has 2 aromatic rings. The summed E-state index contributed by atoms with van der Waals surface area (Å²) in [5.74, 6) is 1.64. The van der Waals surface area contributed by atoms with Gasteiger partial charge >= 0.3 is 0 Å². The van der Waals surface area contributed by atoms with Gasteiger partial charge in [-0.1, -0.05) is 49.2 Å². The molecule has 6 heteroatoms. The van der Waals surface area contributed by atoms with Crippen LogP contribution in [0.4, 0.5) is 0 Å². The molecule has 0 saturated carbocycles. The summed E-state index contributed by atoms with van der Waals surface area (Å²) in [6.07, 6.45) is 0. The summed E-state index contributed by atoms with van der Waals surface area (Å²) in [4.78, 5) is 9.89. The van der Waals surface area contributed by atoms with Crippen LogP contribution in [0.1, 0.15) is 31.3 Å². The summed E-state index contributed by atoms with van der Waals surface area (Å²) in [6, 6.07) is 7.73. The number of nitrogens with zero attached hydrogens (tertiary/aromatic N) is 2. The first-order valence-electron chi connectivity index (χ1n) is 6.08. The van der Waals surface area contributed by atoms with Gasteiger partial charge in [-0.15, -0.1) is 11.8 Å². The van der Waals surface area contributed by atoms with E-state index in [-0.39, 0.29) is 5.92 Å². The lowest BCUT2D eigenvalue weighted by atomic mass is 10.1. The van der Waals surface area contributed by atoms with Crippen molar-refractivity contribution in [1.82, 2.24) is 9.97 Å². The Morgan fingerprint density at radius 2 is 1.90 bits per heavy atom. The zero-order valence-electron chi connectivity index (χ0n) is 11.0. The van der Waals surface area contributed by atoms with Crippen LogP contribution in [0.5, 0.6) is 0 Å². The van der Waals surface area contributed by atoms with Crippen molar-refractivity contribution in [2.45, 2.75) is 30.4 Å². The van der Waals surface area contributed by atoms with Gasteiger partial charge in [-0.3, -0.25) is 0 Å². The minimum absolute atomic E-state index is 0.286. The van der Waals surface area contributed by atoms with E-state index in [1.54, 1.807) is 11.8 Å². The summed E-state index contributed by atoms with van der Waals surface area (Å²) in [5, 5.41) is 1.20. The van der Waals surface area contributed by atoms with Crippen LogP contribution < -0.4 is 0 Å². The molecule has 0 atom stereocenters. The Hall–Kier alpha value is -0.290. The molecule has 2 nitrogen and oxygen atoms in total. The van der Waals surface area contributed by atoms with E-state index >= 15 is 0 Å². The molecule has 0 aliphatic rings. The number of hydrogen-bond donors (Lipinski definition) is 0. The smallest absolute Gasteiger partial charge is 0.147 e. The fourth-order valence-corrected chi connectivity index (χ4v) is 3.56. The van der Waals surface area contributed by atoms with Crippen molar-refractivity contribution in [1.29, 1.82) is 0 Å². The quantitative estimate of drug-likeness (QED) is 0.474. The fourth-order valence-electron chi connectivity index (χ4n) is 1.63. The normalized spacial score (nSPS) is 11.1. The molecule has 0 saturated heterocycles. The van der Waals surface area contributed by atoms with E-state index in [0.29, 0.717) is 16.7 Å². The Morgan fingerprint density at radius 3 is 2.55 bits per heavy atom. The largest absolute Gasteiger partial charge is 0.235 e. The molecule has 0 fully saturated rings. The monoisotopic (exact) mass is 390 g/mol. The molecule has 0 spiro atoms. The molecule has 1 aromatic heterocycles. The predicted octanol–water partition coefficient (Wildman–Crippen LogP) is 5.96. The number of rotatable bonds is 4. The summed E-state index contributed by atoms with van der Waals surface area (Å²) >= 11 is 17.3. The standard InChI is InChI=1S/C14H13BrCl2N2S/c1-8(2)13-12(15)14(17)19-11(18-13)7-20-10-6-4-3-5-9(10)16/h3-6,8H,7H2,1-2H3. The Balaban J connectivity index is 2.20. The topological polar surface area (TPSA) is 25.8 Å². The van der Waals surface area contributed by atoms with Crippen LogP contribution in [-0.4, -0.2) is 9.97 Å². The van der Waals surface area contributed by atoms with Crippen LogP contribution in [-0.2, 0) is 5.75 Å². The highest BCUT2D eigenvalue weighted by atomic mass is 79.9. The van der Waals surface area contributed by atoms with E-state index in [4.69, 9.17) is 23.2 Å². The van der Waals surface area contributed by atoms with Crippen molar-refractivity contribution in [3.8, 4) is 0 Å². The Labute approximate surface area is 141 Å². The second kappa shape index (κ2) is 7.12. The van der Waals surface area contributed by atoms with E-state index in [1.807, 2.05) is 24.3 Å². The third-order valence-corrected chi connectivity index (χ3v) is 5.42. The van der Waals surface area contributed by atoms with Crippen LogP contribution in [0.3, 0.4) is 0 Å². The van der Waals surface area contributed by atoms with Gasteiger partial charge in [-0.25, -0.2) is 9.97 Å². The van der Waals surface area contributed by atoms with E-state index in [1.165, 1.54) is 0 Å². The highest BCUT2D eigenvalue weighted by Gasteiger charge is 2.14. The summed E-state index contributed by atoms with van der Waals surface area (Å²) in [7, 11) is 0. The van der Waals surface area contributed by atoms with Gasteiger partial charge < -0.3 is 0 Å². The molecule has 0 bridgehead atoms. The van der Waals surface area contributed by atoms with Gasteiger partial charge in [0.15, 0.2) is 0 Å². The highest BCUT2D eigenvalue weighted by molar-refractivity contribution is 9.10. The number of hydrogen-bond acceptors (Lipinski definition) is 3. The molecule has 0 aliphatic carbocycles.